The molecule has 0 heterocycles. The average molecular weight is 150 g/mol. The molecule has 0 amide bonds. The van der Waals surface area contributed by atoms with Gasteiger partial charge in [-0.1, -0.05) is 12.2 Å². The number of hydrogen-bond acceptors (Lipinski definition) is 1. The topological polar surface area (TPSA) is 20.2 Å². The van der Waals surface area contributed by atoms with Crippen LogP contribution >= 0.6 is 0 Å². The Balaban J connectivity index is 1.96. The molecule has 0 spiro atoms. The van der Waals surface area contributed by atoms with Crippen molar-refractivity contribution in [3.8, 4) is 0 Å². The van der Waals surface area contributed by atoms with E-state index in [2.05, 4.69) is 6.08 Å². The summed E-state index contributed by atoms with van der Waals surface area (Å²) in [5.41, 5.74) is 0. The fourth-order valence-corrected chi connectivity index (χ4v) is 3.54. The molecule has 1 nitrogen and oxygen atoms in total. The second kappa shape index (κ2) is 1.89. The van der Waals surface area contributed by atoms with E-state index in [1.807, 2.05) is 6.08 Å². The van der Waals surface area contributed by atoms with Crippen LogP contribution in [0.1, 0.15) is 19.3 Å². The number of allylic oxidation sites excluding steroid dienone is 1. The summed E-state index contributed by atoms with van der Waals surface area (Å²) in [4.78, 5) is 0. The molecule has 0 aromatic rings. The van der Waals surface area contributed by atoms with E-state index in [1.54, 1.807) is 0 Å². The van der Waals surface area contributed by atoms with Gasteiger partial charge in [-0.15, -0.1) is 0 Å². The highest BCUT2D eigenvalue weighted by atomic mass is 16.3. The van der Waals surface area contributed by atoms with Gasteiger partial charge in [0, 0.05) is 0 Å². The Labute approximate surface area is 67.1 Å². The summed E-state index contributed by atoms with van der Waals surface area (Å²) in [5, 5.41) is 9.63. The molecule has 11 heavy (non-hydrogen) atoms. The number of hydrogen-bond donors (Lipinski definition) is 1. The smallest absolute Gasteiger partial charge is 0.0757 e. The molecule has 3 rings (SSSR count). The lowest BCUT2D eigenvalue weighted by Crippen LogP contribution is -2.25. The largest absolute Gasteiger partial charge is 0.389 e. The predicted octanol–water partition coefficient (Wildman–Crippen LogP) is 1.58. The van der Waals surface area contributed by atoms with Gasteiger partial charge in [-0.05, 0) is 42.9 Å². The molecule has 0 aromatic carbocycles. The zero-order chi connectivity index (χ0) is 7.42. The molecule has 0 saturated heterocycles. The molecule has 0 aliphatic heterocycles. The number of aliphatic hydroxyl groups excluding tert-OH is 1. The van der Waals surface area contributed by atoms with Crippen LogP contribution in [0, 0.1) is 23.7 Å². The molecule has 60 valence electrons. The maximum Gasteiger partial charge on any atom is 0.0757 e. The standard InChI is InChI=1S/C10H14O/c11-9-4-3-8-6-1-2-7(5-6)10(8)9/h3-4,6-11H,1-2,5H2/t6-,7-,8-,9-,10-/m0/s1. The Morgan fingerprint density at radius 2 is 1.91 bits per heavy atom. The van der Waals surface area contributed by atoms with Gasteiger partial charge in [0.1, 0.15) is 0 Å². The first-order valence-corrected chi connectivity index (χ1v) is 4.72. The molecule has 1 heteroatoms. The molecule has 0 unspecified atom stereocenters. The SMILES string of the molecule is O[C@H]1C=C[C@H]2[C@H]3CC[C@@H](C3)[C@@H]21. The van der Waals surface area contributed by atoms with Crippen molar-refractivity contribution in [2.24, 2.45) is 23.7 Å². The summed E-state index contributed by atoms with van der Waals surface area (Å²) < 4.78 is 0. The van der Waals surface area contributed by atoms with Crippen LogP contribution in [0.2, 0.25) is 0 Å². The molecular weight excluding hydrogens is 136 g/mol. The average Bonchev–Trinajstić information content (AvgIpc) is 2.60. The van der Waals surface area contributed by atoms with Gasteiger partial charge in [0.15, 0.2) is 0 Å². The van der Waals surface area contributed by atoms with E-state index in [1.165, 1.54) is 19.3 Å². The highest BCUT2D eigenvalue weighted by Gasteiger charge is 2.50. The number of fused-ring (bicyclic) bond motifs is 5. The Morgan fingerprint density at radius 1 is 1.09 bits per heavy atom. The van der Waals surface area contributed by atoms with Crippen molar-refractivity contribution in [2.45, 2.75) is 25.4 Å². The van der Waals surface area contributed by atoms with Crippen LogP contribution in [-0.4, -0.2) is 11.2 Å². The van der Waals surface area contributed by atoms with Crippen molar-refractivity contribution in [3.05, 3.63) is 12.2 Å². The molecule has 2 saturated carbocycles. The second-order valence-electron chi connectivity index (χ2n) is 4.36. The minimum atomic E-state index is -0.102. The number of rotatable bonds is 0. The predicted molar refractivity (Wildman–Crippen MR) is 43.0 cm³/mol. The van der Waals surface area contributed by atoms with Crippen molar-refractivity contribution in [1.29, 1.82) is 0 Å². The van der Waals surface area contributed by atoms with Crippen molar-refractivity contribution in [1.82, 2.24) is 0 Å². The van der Waals surface area contributed by atoms with E-state index in [4.69, 9.17) is 0 Å². The first kappa shape index (κ1) is 6.24. The van der Waals surface area contributed by atoms with Crippen LogP contribution in [0.3, 0.4) is 0 Å². The summed E-state index contributed by atoms with van der Waals surface area (Å²) in [6, 6.07) is 0. The Kier molecular flexibility index (Phi) is 1.07. The van der Waals surface area contributed by atoms with Gasteiger partial charge in [0.25, 0.3) is 0 Å². The molecule has 3 aliphatic rings. The van der Waals surface area contributed by atoms with Crippen LogP contribution < -0.4 is 0 Å². The van der Waals surface area contributed by atoms with E-state index >= 15 is 0 Å². The molecule has 2 fully saturated rings. The lowest BCUT2D eigenvalue weighted by atomic mass is 9.80. The third kappa shape index (κ3) is 0.652. The third-order valence-corrected chi connectivity index (χ3v) is 3.97. The van der Waals surface area contributed by atoms with E-state index in [0.29, 0.717) is 5.92 Å². The fraction of sp³-hybridized carbons (Fsp3) is 0.800. The van der Waals surface area contributed by atoms with Crippen LogP contribution in [0.4, 0.5) is 0 Å². The fourth-order valence-electron chi connectivity index (χ4n) is 3.54. The molecular formula is C10H14O. The molecule has 2 bridgehead atoms. The first-order valence-electron chi connectivity index (χ1n) is 4.72. The lowest BCUT2D eigenvalue weighted by molar-refractivity contribution is 0.105. The Hall–Kier alpha value is -0.300. The summed E-state index contributed by atoms with van der Waals surface area (Å²) in [5.74, 6) is 3.16. The highest BCUT2D eigenvalue weighted by Crippen LogP contribution is 2.56. The van der Waals surface area contributed by atoms with Crippen LogP contribution in [-0.2, 0) is 0 Å². The summed E-state index contributed by atoms with van der Waals surface area (Å²) >= 11 is 0. The van der Waals surface area contributed by atoms with Crippen molar-refractivity contribution in [2.75, 3.05) is 0 Å². The Bertz CT molecular complexity index is 209. The Morgan fingerprint density at radius 3 is 2.73 bits per heavy atom. The van der Waals surface area contributed by atoms with Crippen LogP contribution in [0.25, 0.3) is 0 Å². The van der Waals surface area contributed by atoms with Crippen molar-refractivity contribution >= 4 is 0 Å². The molecule has 1 N–H and O–H groups in total. The maximum absolute atomic E-state index is 9.63. The highest BCUT2D eigenvalue weighted by molar-refractivity contribution is 5.16. The molecule has 5 atom stereocenters. The van der Waals surface area contributed by atoms with Gasteiger partial charge in [-0.2, -0.15) is 0 Å². The van der Waals surface area contributed by atoms with Gasteiger partial charge in [0.2, 0.25) is 0 Å². The minimum absolute atomic E-state index is 0.102. The van der Waals surface area contributed by atoms with Gasteiger partial charge in [-0.25, -0.2) is 0 Å². The molecule has 3 aliphatic carbocycles. The van der Waals surface area contributed by atoms with Gasteiger partial charge < -0.3 is 5.11 Å². The lowest BCUT2D eigenvalue weighted by Gasteiger charge is -2.26. The second-order valence-corrected chi connectivity index (χ2v) is 4.36. The van der Waals surface area contributed by atoms with E-state index in [0.717, 1.165) is 17.8 Å². The van der Waals surface area contributed by atoms with E-state index in [9.17, 15) is 5.11 Å². The normalized spacial score (nSPS) is 58.8. The quantitative estimate of drug-likeness (QED) is 0.520. The van der Waals surface area contributed by atoms with E-state index in [-0.39, 0.29) is 6.10 Å². The zero-order valence-corrected chi connectivity index (χ0v) is 6.61. The van der Waals surface area contributed by atoms with Crippen LogP contribution in [0.15, 0.2) is 12.2 Å². The summed E-state index contributed by atoms with van der Waals surface area (Å²) in [7, 11) is 0. The third-order valence-electron chi connectivity index (χ3n) is 3.97. The minimum Gasteiger partial charge on any atom is -0.389 e. The molecule has 0 radical (unpaired) electrons. The number of aliphatic hydroxyl groups is 1. The van der Waals surface area contributed by atoms with Crippen molar-refractivity contribution < 1.29 is 5.11 Å². The monoisotopic (exact) mass is 150 g/mol. The summed E-state index contributed by atoms with van der Waals surface area (Å²) in [6.45, 7) is 0. The van der Waals surface area contributed by atoms with Crippen LogP contribution in [0.5, 0.6) is 0 Å². The van der Waals surface area contributed by atoms with Gasteiger partial charge in [0.05, 0.1) is 6.10 Å². The van der Waals surface area contributed by atoms with E-state index < -0.39 is 0 Å². The molecule has 0 aromatic heterocycles. The zero-order valence-electron chi connectivity index (χ0n) is 6.61. The van der Waals surface area contributed by atoms with Crippen molar-refractivity contribution in [3.63, 3.8) is 0 Å². The van der Waals surface area contributed by atoms with Gasteiger partial charge >= 0.3 is 0 Å². The summed E-state index contributed by atoms with van der Waals surface area (Å²) in [6.07, 6.45) is 8.37. The maximum atomic E-state index is 9.63. The van der Waals surface area contributed by atoms with Gasteiger partial charge in [-0.3, -0.25) is 0 Å². The first-order chi connectivity index (χ1) is 5.36.